The van der Waals surface area contributed by atoms with Crippen molar-refractivity contribution in [3.05, 3.63) is 35.4 Å². The van der Waals surface area contributed by atoms with E-state index in [-0.39, 0.29) is 6.10 Å². The maximum Gasteiger partial charge on any atom is 0.169 e. The van der Waals surface area contributed by atoms with Crippen molar-refractivity contribution < 1.29 is 9.84 Å². The predicted octanol–water partition coefficient (Wildman–Crippen LogP) is 2.91. The third-order valence-electron chi connectivity index (χ3n) is 3.44. The molecule has 0 heterocycles. The van der Waals surface area contributed by atoms with Gasteiger partial charge in [-0.2, -0.15) is 5.26 Å². The van der Waals surface area contributed by atoms with E-state index in [9.17, 15) is 5.11 Å². The molecule has 96 valence electrons. The summed E-state index contributed by atoms with van der Waals surface area (Å²) in [4.78, 5) is 0. The van der Waals surface area contributed by atoms with Crippen LogP contribution in [-0.4, -0.2) is 17.3 Å². The number of benzene rings is 1. The normalized spacial score (nSPS) is 19.9. The molecule has 0 amide bonds. The molecule has 0 saturated heterocycles. The summed E-state index contributed by atoms with van der Waals surface area (Å²) >= 11 is 0. The molecule has 2 rings (SSSR count). The molecule has 0 spiro atoms. The Kier molecular flexibility index (Phi) is 4.00. The first kappa shape index (κ1) is 13.1. The van der Waals surface area contributed by atoms with E-state index >= 15 is 0 Å². The zero-order valence-electron chi connectivity index (χ0n) is 10.8. The summed E-state index contributed by atoms with van der Waals surface area (Å²) in [7, 11) is 0. The van der Waals surface area contributed by atoms with Crippen molar-refractivity contribution in [3.8, 4) is 6.07 Å². The fourth-order valence-corrected chi connectivity index (χ4v) is 1.87. The number of aliphatic hydroxyl groups excluding tert-OH is 1. The van der Waals surface area contributed by atoms with Gasteiger partial charge in [0.1, 0.15) is 0 Å². The first-order valence-corrected chi connectivity index (χ1v) is 6.45. The van der Waals surface area contributed by atoms with E-state index in [1.807, 2.05) is 12.1 Å². The molecule has 0 aliphatic heterocycles. The first-order valence-electron chi connectivity index (χ1n) is 6.45. The molecule has 1 aliphatic rings. The highest BCUT2D eigenvalue weighted by atomic mass is 16.5. The molecule has 0 aromatic heterocycles. The van der Waals surface area contributed by atoms with Gasteiger partial charge in [0.2, 0.25) is 0 Å². The SMILES string of the molecule is CC(O)C(C)OC(C#N)c1ccc(C2CC2)cc1. The average molecular weight is 245 g/mol. The summed E-state index contributed by atoms with van der Waals surface area (Å²) in [5, 5.41) is 18.5. The van der Waals surface area contributed by atoms with Crippen LogP contribution in [0.15, 0.2) is 24.3 Å². The lowest BCUT2D eigenvalue weighted by molar-refractivity contribution is -0.0426. The van der Waals surface area contributed by atoms with Gasteiger partial charge in [-0.1, -0.05) is 24.3 Å². The van der Waals surface area contributed by atoms with Crippen molar-refractivity contribution in [1.82, 2.24) is 0 Å². The molecule has 3 unspecified atom stereocenters. The molecule has 0 radical (unpaired) electrons. The van der Waals surface area contributed by atoms with Crippen LogP contribution in [0.3, 0.4) is 0 Å². The van der Waals surface area contributed by atoms with Crippen molar-refractivity contribution in [2.24, 2.45) is 0 Å². The Morgan fingerprint density at radius 1 is 1.28 bits per heavy atom. The number of aliphatic hydroxyl groups is 1. The lowest BCUT2D eigenvalue weighted by Crippen LogP contribution is -2.24. The fraction of sp³-hybridized carbons (Fsp3) is 0.533. The largest absolute Gasteiger partial charge is 0.391 e. The van der Waals surface area contributed by atoms with E-state index in [1.54, 1.807) is 13.8 Å². The standard InChI is InChI=1S/C15H19NO2/c1-10(17)11(2)18-15(9-16)14-7-5-13(6-8-14)12-3-4-12/h5-8,10-12,15,17H,3-4H2,1-2H3. The van der Waals surface area contributed by atoms with Crippen LogP contribution >= 0.6 is 0 Å². The lowest BCUT2D eigenvalue weighted by Gasteiger charge is -2.19. The Balaban J connectivity index is 2.05. The van der Waals surface area contributed by atoms with Crippen molar-refractivity contribution in [1.29, 1.82) is 5.26 Å². The quantitative estimate of drug-likeness (QED) is 0.867. The van der Waals surface area contributed by atoms with E-state index in [0.29, 0.717) is 0 Å². The van der Waals surface area contributed by atoms with Crippen molar-refractivity contribution in [2.75, 3.05) is 0 Å². The smallest absolute Gasteiger partial charge is 0.169 e. The van der Waals surface area contributed by atoms with Crippen LogP contribution in [0.4, 0.5) is 0 Å². The van der Waals surface area contributed by atoms with Crippen LogP contribution in [-0.2, 0) is 4.74 Å². The number of rotatable bonds is 5. The average Bonchev–Trinajstić information content (AvgIpc) is 3.20. The third kappa shape index (κ3) is 3.10. The molecule has 18 heavy (non-hydrogen) atoms. The van der Waals surface area contributed by atoms with Crippen LogP contribution < -0.4 is 0 Å². The van der Waals surface area contributed by atoms with Crippen LogP contribution in [0.2, 0.25) is 0 Å². The van der Waals surface area contributed by atoms with E-state index < -0.39 is 12.2 Å². The Morgan fingerprint density at radius 2 is 1.89 bits per heavy atom. The minimum Gasteiger partial charge on any atom is -0.391 e. The Bertz CT molecular complexity index is 429. The molecule has 3 heteroatoms. The Morgan fingerprint density at radius 3 is 2.33 bits per heavy atom. The molecule has 1 aliphatic carbocycles. The Labute approximate surface area is 108 Å². The minimum absolute atomic E-state index is 0.349. The van der Waals surface area contributed by atoms with Crippen molar-refractivity contribution >= 4 is 0 Å². The Hall–Kier alpha value is -1.37. The highest BCUT2D eigenvalue weighted by molar-refractivity contribution is 5.31. The van der Waals surface area contributed by atoms with E-state index in [0.717, 1.165) is 11.5 Å². The second-order valence-electron chi connectivity index (χ2n) is 5.03. The number of hydrogen-bond donors (Lipinski definition) is 1. The summed E-state index contributed by atoms with van der Waals surface area (Å²) in [6, 6.07) is 10.2. The lowest BCUT2D eigenvalue weighted by atomic mass is 10.0. The van der Waals surface area contributed by atoms with Gasteiger partial charge < -0.3 is 9.84 Å². The highest BCUT2D eigenvalue weighted by Gasteiger charge is 2.24. The van der Waals surface area contributed by atoms with Gasteiger partial charge in [-0.15, -0.1) is 0 Å². The minimum atomic E-state index is -0.608. The summed E-state index contributed by atoms with van der Waals surface area (Å²) < 4.78 is 5.55. The van der Waals surface area contributed by atoms with Crippen LogP contribution in [0.5, 0.6) is 0 Å². The molecule has 1 aromatic rings. The maximum absolute atomic E-state index is 9.40. The van der Waals surface area contributed by atoms with Crippen LogP contribution in [0, 0.1) is 11.3 Å². The van der Waals surface area contributed by atoms with Crippen LogP contribution in [0.1, 0.15) is 49.8 Å². The van der Waals surface area contributed by atoms with E-state index in [4.69, 9.17) is 10.00 Å². The van der Waals surface area contributed by atoms with Gasteiger partial charge in [0.15, 0.2) is 6.10 Å². The van der Waals surface area contributed by atoms with Crippen molar-refractivity contribution in [3.63, 3.8) is 0 Å². The first-order chi connectivity index (χ1) is 8.61. The second-order valence-corrected chi connectivity index (χ2v) is 5.03. The van der Waals surface area contributed by atoms with Gasteiger partial charge in [0, 0.05) is 0 Å². The van der Waals surface area contributed by atoms with Gasteiger partial charge in [-0.3, -0.25) is 0 Å². The van der Waals surface area contributed by atoms with Crippen LogP contribution in [0.25, 0.3) is 0 Å². The molecular formula is C15H19NO2. The molecule has 1 saturated carbocycles. The van der Waals surface area contributed by atoms with Gasteiger partial charge in [0.25, 0.3) is 0 Å². The molecule has 1 fully saturated rings. The number of ether oxygens (including phenoxy) is 1. The molecule has 0 bridgehead atoms. The maximum atomic E-state index is 9.40. The monoisotopic (exact) mass is 245 g/mol. The predicted molar refractivity (Wildman–Crippen MR) is 69.0 cm³/mol. The van der Waals surface area contributed by atoms with Gasteiger partial charge >= 0.3 is 0 Å². The molecule has 3 atom stereocenters. The van der Waals surface area contributed by atoms with Crippen molar-refractivity contribution in [2.45, 2.75) is 50.9 Å². The number of hydrogen-bond acceptors (Lipinski definition) is 3. The third-order valence-corrected chi connectivity index (χ3v) is 3.44. The molecular weight excluding hydrogens is 226 g/mol. The summed E-state index contributed by atoms with van der Waals surface area (Å²) in [6.07, 6.45) is 1.01. The number of nitriles is 1. The van der Waals surface area contributed by atoms with Gasteiger partial charge in [-0.25, -0.2) is 0 Å². The van der Waals surface area contributed by atoms with Gasteiger partial charge in [0.05, 0.1) is 18.3 Å². The van der Waals surface area contributed by atoms with Gasteiger partial charge in [-0.05, 0) is 43.7 Å². The zero-order chi connectivity index (χ0) is 13.1. The highest BCUT2D eigenvalue weighted by Crippen LogP contribution is 2.40. The topological polar surface area (TPSA) is 53.2 Å². The summed E-state index contributed by atoms with van der Waals surface area (Å²) in [6.45, 7) is 3.43. The number of nitrogens with zero attached hydrogens (tertiary/aromatic N) is 1. The molecule has 3 nitrogen and oxygen atoms in total. The fourth-order valence-electron chi connectivity index (χ4n) is 1.87. The summed E-state index contributed by atoms with van der Waals surface area (Å²) in [5.41, 5.74) is 2.20. The molecule has 1 aromatic carbocycles. The summed E-state index contributed by atoms with van der Waals surface area (Å²) in [5.74, 6) is 0.719. The second kappa shape index (κ2) is 5.51. The molecule has 1 N–H and O–H groups in total. The zero-order valence-corrected chi connectivity index (χ0v) is 10.8. The van der Waals surface area contributed by atoms with E-state index in [1.165, 1.54) is 18.4 Å². The van der Waals surface area contributed by atoms with E-state index in [2.05, 4.69) is 18.2 Å².